The van der Waals surface area contributed by atoms with Crippen LogP contribution in [0.1, 0.15) is 12.2 Å². The van der Waals surface area contributed by atoms with Gasteiger partial charge in [-0.15, -0.1) is 0 Å². The van der Waals surface area contributed by atoms with Crippen molar-refractivity contribution >= 4 is 11.7 Å². The molecule has 2 amide bonds. The number of carbonyl (C=O) groups is 1. The first-order valence-corrected chi connectivity index (χ1v) is 8.81. The first-order valence-electron chi connectivity index (χ1n) is 8.81. The second-order valence-corrected chi connectivity index (χ2v) is 6.56. The standard InChI is InChI=1S/C19H19FN6O/c20-15-3-1-2-4-16(15)22-19(27)26-10-7-13(12-26)11-17-23-18(25-24-17)14-5-8-21-9-6-14/h1-6,8-9,13H,7,10-12H2,(H,22,27)(H,23,24,25). The first kappa shape index (κ1) is 17.1. The van der Waals surface area contributed by atoms with Crippen LogP contribution in [-0.2, 0) is 6.42 Å². The Labute approximate surface area is 155 Å². The van der Waals surface area contributed by atoms with Crippen molar-refractivity contribution in [3.8, 4) is 11.4 Å². The van der Waals surface area contributed by atoms with Crippen LogP contribution in [-0.4, -0.2) is 44.2 Å². The number of carbonyl (C=O) groups excluding carboxylic acids is 1. The molecular formula is C19H19FN6O. The monoisotopic (exact) mass is 366 g/mol. The van der Waals surface area contributed by atoms with E-state index in [0.29, 0.717) is 25.3 Å². The Hall–Kier alpha value is -3.29. The van der Waals surface area contributed by atoms with Crippen LogP contribution >= 0.6 is 0 Å². The van der Waals surface area contributed by atoms with Crippen LogP contribution in [0.5, 0.6) is 0 Å². The molecule has 1 aromatic carbocycles. The van der Waals surface area contributed by atoms with E-state index in [2.05, 4.69) is 25.5 Å². The molecule has 7 nitrogen and oxygen atoms in total. The maximum atomic E-state index is 13.7. The number of hydrogen-bond acceptors (Lipinski definition) is 4. The maximum Gasteiger partial charge on any atom is 0.321 e. The molecule has 2 aromatic heterocycles. The highest BCUT2D eigenvalue weighted by Crippen LogP contribution is 2.22. The summed E-state index contributed by atoms with van der Waals surface area (Å²) in [5.41, 5.74) is 1.10. The summed E-state index contributed by atoms with van der Waals surface area (Å²) < 4.78 is 13.7. The minimum atomic E-state index is -0.438. The second-order valence-electron chi connectivity index (χ2n) is 6.56. The van der Waals surface area contributed by atoms with Crippen LogP contribution in [0, 0.1) is 11.7 Å². The van der Waals surface area contributed by atoms with Gasteiger partial charge < -0.3 is 10.2 Å². The van der Waals surface area contributed by atoms with Gasteiger partial charge in [0.2, 0.25) is 0 Å². The Morgan fingerprint density at radius 3 is 2.89 bits per heavy atom. The van der Waals surface area contributed by atoms with Crippen molar-refractivity contribution < 1.29 is 9.18 Å². The molecule has 27 heavy (non-hydrogen) atoms. The number of aromatic nitrogens is 4. The highest BCUT2D eigenvalue weighted by atomic mass is 19.1. The van der Waals surface area contributed by atoms with E-state index in [4.69, 9.17) is 0 Å². The van der Waals surface area contributed by atoms with Gasteiger partial charge in [-0.25, -0.2) is 14.2 Å². The van der Waals surface area contributed by atoms with E-state index in [1.807, 2.05) is 12.1 Å². The van der Waals surface area contributed by atoms with Gasteiger partial charge in [0, 0.05) is 37.5 Å². The predicted octanol–water partition coefficient (Wildman–Crippen LogP) is 3.10. The number of urea groups is 1. The van der Waals surface area contributed by atoms with Crippen molar-refractivity contribution in [3.05, 3.63) is 60.4 Å². The van der Waals surface area contributed by atoms with Crippen molar-refractivity contribution in [1.82, 2.24) is 25.1 Å². The minimum Gasteiger partial charge on any atom is -0.324 e. The largest absolute Gasteiger partial charge is 0.324 e. The Kier molecular flexibility index (Phi) is 4.78. The molecule has 2 N–H and O–H groups in total. The van der Waals surface area contributed by atoms with Crippen LogP contribution in [0.3, 0.4) is 0 Å². The van der Waals surface area contributed by atoms with E-state index in [9.17, 15) is 9.18 Å². The molecule has 3 aromatic rings. The number of amides is 2. The van der Waals surface area contributed by atoms with Crippen LogP contribution in [0.4, 0.5) is 14.9 Å². The third-order valence-electron chi connectivity index (χ3n) is 4.64. The molecule has 1 fully saturated rings. The number of rotatable bonds is 4. The summed E-state index contributed by atoms with van der Waals surface area (Å²) in [5, 5.41) is 9.85. The van der Waals surface area contributed by atoms with E-state index in [1.54, 1.807) is 35.5 Å². The third kappa shape index (κ3) is 3.94. The van der Waals surface area contributed by atoms with Gasteiger partial charge in [-0.05, 0) is 36.6 Å². The van der Waals surface area contributed by atoms with Gasteiger partial charge >= 0.3 is 6.03 Å². The molecule has 1 atom stereocenters. The summed E-state index contributed by atoms with van der Waals surface area (Å²) in [6.45, 7) is 1.24. The average molecular weight is 366 g/mol. The summed E-state index contributed by atoms with van der Waals surface area (Å²) in [6, 6.07) is 9.60. The van der Waals surface area contributed by atoms with Gasteiger partial charge in [0.15, 0.2) is 5.82 Å². The molecule has 4 rings (SSSR count). The summed E-state index contributed by atoms with van der Waals surface area (Å²) >= 11 is 0. The zero-order valence-corrected chi connectivity index (χ0v) is 14.6. The molecule has 0 aliphatic carbocycles. The lowest BCUT2D eigenvalue weighted by molar-refractivity contribution is 0.220. The number of halogens is 1. The number of likely N-dealkylation sites (tertiary alicyclic amines) is 1. The normalized spacial score (nSPS) is 16.5. The number of benzene rings is 1. The minimum absolute atomic E-state index is 0.197. The molecule has 0 radical (unpaired) electrons. The molecule has 8 heteroatoms. The number of pyridine rings is 1. The lowest BCUT2D eigenvalue weighted by atomic mass is 10.1. The number of para-hydroxylation sites is 1. The van der Waals surface area contributed by atoms with E-state index in [0.717, 1.165) is 17.8 Å². The number of nitrogens with zero attached hydrogens (tertiary/aromatic N) is 4. The second kappa shape index (κ2) is 7.53. The zero-order chi connectivity index (χ0) is 18.6. The van der Waals surface area contributed by atoms with Gasteiger partial charge in [-0.3, -0.25) is 10.1 Å². The molecule has 0 saturated carbocycles. The fraction of sp³-hybridized carbons (Fsp3) is 0.263. The predicted molar refractivity (Wildman–Crippen MR) is 98.4 cm³/mol. The maximum absolute atomic E-state index is 13.7. The highest BCUT2D eigenvalue weighted by Gasteiger charge is 2.27. The Bertz CT molecular complexity index is 929. The number of aromatic amines is 1. The Balaban J connectivity index is 1.34. The van der Waals surface area contributed by atoms with Gasteiger partial charge in [-0.2, -0.15) is 5.10 Å². The van der Waals surface area contributed by atoms with E-state index in [-0.39, 0.29) is 17.6 Å². The molecule has 138 valence electrons. The first-order chi connectivity index (χ1) is 13.2. The molecule has 3 heterocycles. The van der Waals surface area contributed by atoms with Crippen LogP contribution in [0.15, 0.2) is 48.8 Å². The van der Waals surface area contributed by atoms with E-state index >= 15 is 0 Å². The fourth-order valence-electron chi connectivity index (χ4n) is 3.23. The average Bonchev–Trinajstić information content (AvgIpc) is 3.34. The molecule has 0 spiro atoms. The molecule has 1 saturated heterocycles. The molecular weight excluding hydrogens is 347 g/mol. The van der Waals surface area contributed by atoms with Crippen LogP contribution in [0.2, 0.25) is 0 Å². The summed E-state index contributed by atoms with van der Waals surface area (Å²) in [6.07, 6.45) is 4.99. The van der Waals surface area contributed by atoms with E-state index < -0.39 is 5.82 Å². The van der Waals surface area contributed by atoms with Crippen molar-refractivity contribution in [1.29, 1.82) is 0 Å². The number of hydrogen-bond donors (Lipinski definition) is 2. The van der Waals surface area contributed by atoms with Gasteiger partial charge in [-0.1, -0.05) is 12.1 Å². The fourth-order valence-corrected chi connectivity index (χ4v) is 3.23. The topological polar surface area (TPSA) is 86.8 Å². The van der Waals surface area contributed by atoms with Crippen molar-refractivity contribution in [2.24, 2.45) is 5.92 Å². The number of nitrogens with one attached hydrogen (secondary N) is 2. The van der Waals surface area contributed by atoms with Gasteiger partial charge in [0.05, 0.1) is 5.69 Å². The SMILES string of the molecule is O=C(Nc1ccccc1F)N1CCC(Cc2nc(-c3ccncc3)n[nH]2)C1. The molecule has 1 aliphatic heterocycles. The van der Waals surface area contributed by atoms with E-state index in [1.165, 1.54) is 6.07 Å². The smallest absolute Gasteiger partial charge is 0.321 e. The van der Waals surface area contributed by atoms with Crippen molar-refractivity contribution in [2.45, 2.75) is 12.8 Å². The van der Waals surface area contributed by atoms with Gasteiger partial charge in [0.25, 0.3) is 0 Å². The Morgan fingerprint density at radius 2 is 2.07 bits per heavy atom. The number of anilines is 1. The zero-order valence-electron chi connectivity index (χ0n) is 14.6. The molecule has 0 bridgehead atoms. The number of H-pyrrole nitrogens is 1. The van der Waals surface area contributed by atoms with Crippen LogP contribution < -0.4 is 5.32 Å². The Morgan fingerprint density at radius 1 is 1.26 bits per heavy atom. The lowest BCUT2D eigenvalue weighted by Gasteiger charge is -2.17. The third-order valence-corrected chi connectivity index (χ3v) is 4.64. The summed E-state index contributed by atoms with van der Waals surface area (Å²) in [7, 11) is 0. The molecule has 1 unspecified atom stereocenters. The molecule has 1 aliphatic rings. The summed E-state index contributed by atoms with van der Waals surface area (Å²) in [4.78, 5) is 22.6. The van der Waals surface area contributed by atoms with Crippen molar-refractivity contribution in [3.63, 3.8) is 0 Å². The van der Waals surface area contributed by atoms with Crippen molar-refractivity contribution in [2.75, 3.05) is 18.4 Å². The quantitative estimate of drug-likeness (QED) is 0.743. The summed E-state index contributed by atoms with van der Waals surface area (Å²) in [5.74, 6) is 1.28. The highest BCUT2D eigenvalue weighted by molar-refractivity contribution is 5.89. The van der Waals surface area contributed by atoms with Crippen LogP contribution in [0.25, 0.3) is 11.4 Å². The van der Waals surface area contributed by atoms with Gasteiger partial charge in [0.1, 0.15) is 11.6 Å². The lowest BCUT2D eigenvalue weighted by Crippen LogP contribution is -2.33.